The summed E-state index contributed by atoms with van der Waals surface area (Å²) in [5, 5.41) is 1.72. The summed E-state index contributed by atoms with van der Waals surface area (Å²) < 4.78 is 64.1. The van der Waals surface area contributed by atoms with Crippen molar-refractivity contribution in [3.05, 3.63) is 178 Å². The Balaban J connectivity index is 1.01. The molecule has 71 heavy (non-hydrogen) atoms. The first-order chi connectivity index (χ1) is 33.6. The smallest absolute Gasteiger partial charge is 0.489 e. The Labute approximate surface area is 416 Å². The zero-order valence-corrected chi connectivity index (χ0v) is 43.8. The van der Waals surface area contributed by atoms with Gasteiger partial charge in [0.15, 0.2) is 0 Å². The molecule has 0 saturated heterocycles. The van der Waals surface area contributed by atoms with E-state index >= 15 is 0 Å². The van der Waals surface area contributed by atoms with E-state index in [1.165, 1.54) is 0 Å². The number of carbonyl (C=O) groups excluding carboxylic acids is 4. The monoisotopic (exact) mass is 1000 g/mol. The molecule has 0 aliphatic heterocycles. The molecule has 0 atom stereocenters. The summed E-state index contributed by atoms with van der Waals surface area (Å²) in [5.41, 5.74) is 1.15. The molecule has 0 spiro atoms. The minimum absolute atomic E-state index is 0.0694. The molecule has 0 fully saturated rings. The van der Waals surface area contributed by atoms with Gasteiger partial charge in [0, 0.05) is 49.9 Å². The number of aryl methyl sites for hydroxylation is 4. The average molecular weight is 1000 g/mol. The van der Waals surface area contributed by atoms with Gasteiger partial charge in [0.1, 0.15) is 49.1 Å². The summed E-state index contributed by atoms with van der Waals surface area (Å²) in [6.07, 6.45) is -1.87. The highest BCUT2D eigenvalue weighted by atomic mass is 31.2. The standard InChI is InChI=1S/C57H62O12P2/c1-38-35-40(3)50(42(5)48(38)52(58)70(62,44-23-15-11-16-24-44)45-25-17-12-18-26-45)64-31-33-66-54(60)68-56(7,8)37-57(9,10)69-55(61)67-34-32-65-51-41(4)36-39(2)49(43(51)6)53(59)71(63,46-27-19-13-20-28-46)47-29-21-14-22-30-47/h11-30,35-36H,31-34,37H2,1-10H3. The Kier molecular flexibility index (Phi) is 17.0. The molecule has 14 heteroatoms. The first-order valence-electron chi connectivity index (χ1n) is 23.3. The van der Waals surface area contributed by atoms with Gasteiger partial charge in [0.25, 0.3) is 0 Å². The van der Waals surface area contributed by atoms with E-state index in [9.17, 15) is 28.3 Å². The van der Waals surface area contributed by atoms with Gasteiger partial charge >= 0.3 is 12.3 Å². The molecule has 6 rings (SSSR count). The second-order valence-electron chi connectivity index (χ2n) is 18.6. The van der Waals surface area contributed by atoms with Crippen LogP contribution in [0.2, 0.25) is 0 Å². The van der Waals surface area contributed by atoms with E-state index in [-0.39, 0.29) is 32.8 Å². The Hall–Kier alpha value is -6.74. The maximum Gasteiger partial charge on any atom is 0.508 e. The molecular weight excluding hydrogens is 939 g/mol. The van der Waals surface area contributed by atoms with Crippen molar-refractivity contribution in [1.82, 2.24) is 0 Å². The second kappa shape index (κ2) is 22.6. The maximum atomic E-state index is 14.9. The predicted molar refractivity (Wildman–Crippen MR) is 278 cm³/mol. The Bertz CT molecular complexity index is 2700. The van der Waals surface area contributed by atoms with Gasteiger partial charge in [-0.1, -0.05) is 133 Å². The van der Waals surface area contributed by atoms with Crippen molar-refractivity contribution < 1.29 is 56.7 Å². The van der Waals surface area contributed by atoms with Gasteiger partial charge in [-0.3, -0.25) is 9.59 Å². The average Bonchev–Trinajstić information content (AvgIpc) is 3.32. The van der Waals surface area contributed by atoms with Crippen LogP contribution in [0.1, 0.15) is 88.2 Å². The van der Waals surface area contributed by atoms with E-state index in [0.717, 1.165) is 11.1 Å². The molecule has 0 saturated carbocycles. The fourth-order valence-corrected chi connectivity index (χ4v) is 14.4. The zero-order chi connectivity index (χ0) is 51.7. The van der Waals surface area contributed by atoms with E-state index in [2.05, 4.69) is 0 Å². The number of rotatable bonds is 20. The summed E-state index contributed by atoms with van der Waals surface area (Å²) in [5.74, 6) is 0.830. The lowest BCUT2D eigenvalue weighted by Gasteiger charge is -2.33. The molecular formula is C57H62O12P2. The second-order valence-corrected chi connectivity index (χ2v) is 24.0. The first-order valence-corrected chi connectivity index (χ1v) is 26.7. The SMILES string of the molecule is Cc1cc(C)c(C(=O)P(=O)(c2ccccc2)c2ccccc2)c(C)c1OCCOC(=O)OC(C)(C)CC(C)(C)OC(=O)OCCOc1c(C)cc(C)c(C(=O)P(=O)(c2ccccc2)c2ccccc2)c1C. The van der Waals surface area contributed by atoms with Crippen molar-refractivity contribution in [2.45, 2.75) is 86.9 Å². The van der Waals surface area contributed by atoms with Crippen molar-refractivity contribution in [2.75, 3.05) is 26.4 Å². The minimum Gasteiger partial charge on any atom is -0.489 e. The summed E-state index contributed by atoms with van der Waals surface area (Å²) in [4.78, 5) is 54.8. The largest absolute Gasteiger partial charge is 0.508 e. The Morgan fingerprint density at radius 3 is 0.986 bits per heavy atom. The minimum atomic E-state index is -3.79. The molecule has 0 aliphatic carbocycles. The van der Waals surface area contributed by atoms with Gasteiger partial charge in [0.2, 0.25) is 25.3 Å². The van der Waals surface area contributed by atoms with Crippen LogP contribution >= 0.6 is 14.3 Å². The molecule has 6 aromatic carbocycles. The maximum absolute atomic E-state index is 14.9. The van der Waals surface area contributed by atoms with Gasteiger partial charge in [-0.15, -0.1) is 0 Å². The summed E-state index contributed by atoms with van der Waals surface area (Å²) in [6.45, 7) is 16.9. The van der Waals surface area contributed by atoms with Crippen molar-refractivity contribution in [3.63, 3.8) is 0 Å². The first kappa shape index (κ1) is 53.6. The van der Waals surface area contributed by atoms with Crippen LogP contribution < -0.4 is 30.7 Å². The third kappa shape index (κ3) is 12.2. The summed E-state index contributed by atoms with van der Waals surface area (Å²) in [6, 6.07) is 38.6. The number of carbonyl (C=O) groups is 4. The van der Waals surface area contributed by atoms with Crippen LogP contribution in [0.4, 0.5) is 9.59 Å². The molecule has 0 amide bonds. The van der Waals surface area contributed by atoms with Gasteiger partial charge < -0.3 is 37.6 Å². The van der Waals surface area contributed by atoms with Crippen molar-refractivity contribution >= 4 is 58.9 Å². The van der Waals surface area contributed by atoms with Crippen LogP contribution in [0.5, 0.6) is 11.5 Å². The fourth-order valence-electron chi connectivity index (χ4n) is 9.22. The fraction of sp³-hybridized carbons (Fsp3) is 0.298. The van der Waals surface area contributed by atoms with Crippen molar-refractivity contribution in [3.8, 4) is 11.5 Å². The molecule has 0 bridgehead atoms. The molecule has 0 aliphatic rings. The van der Waals surface area contributed by atoms with Gasteiger partial charge in [-0.2, -0.15) is 0 Å². The zero-order valence-electron chi connectivity index (χ0n) is 42.0. The van der Waals surface area contributed by atoms with Crippen LogP contribution in [0.15, 0.2) is 133 Å². The molecule has 0 N–H and O–H groups in total. The highest BCUT2D eigenvalue weighted by molar-refractivity contribution is 7.94. The summed E-state index contributed by atoms with van der Waals surface area (Å²) >= 11 is 0. The molecule has 0 unspecified atom stereocenters. The van der Waals surface area contributed by atoms with Crippen LogP contribution in [0.3, 0.4) is 0 Å². The molecule has 0 radical (unpaired) electrons. The molecule has 12 nitrogen and oxygen atoms in total. The molecule has 372 valence electrons. The lowest BCUT2D eigenvalue weighted by atomic mass is 9.92. The third-order valence-electron chi connectivity index (χ3n) is 12.0. The number of hydrogen-bond donors (Lipinski definition) is 0. The molecule has 0 heterocycles. The van der Waals surface area contributed by atoms with Crippen molar-refractivity contribution in [2.24, 2.45) is 0 Å². The van der Waals surface area contributed by atoms with Crippen LogP contribution in [-0.4, -0.2) is 61.0 Å². The highest BCUT2D eigenvalue weighted by Crippen LogP contribution is 2.50. The summed E-state index contributed by atoms with van der Waals surface area (Å²) in [7, 11) is -7.59. The molecule has 6 aromatic rings. The molecule has 0 aromatic heterocycles. The van der Waals surface area contributed by atoms with E-state index in [1.54, 1.807) is 152 Å². The quantitative estimate of drug-likeness (QED) is 0.0405. The topological polar surface area (TPSA) is 158 Å². The third-order valence-corrected chi connectivity index (χ3v) is 17.6. The normalized spacial score (nSPS) is 11.9. The van der Waals surface area contributed by atoms with E-state index in [0.29, 0.717) is 66.1 Å². The van der Waals surface area contributed by atoms with Gasteiger partial charge in [0.05, 0.1) is 0 Å². The Morgan fingerprint density at radius 1 is 0.423 bits per heavy atom. The highest BCUT2D eigenvalue weighted by Gasteiger charge is 2.41. The van der Waals surface area contributed by atoms with Gasteiger partial charge in [-0.05, 0) is 91.5 Å². The predicted octanol–water partition coefficient (Wildman–Crippen LogP) is 11.6. The number of ether oxygens (including phenoxy) is 6. The lowest BCUT2D eigenvalue weighted by Crippen LogP contribution is -2.40. The van der Waals surface area contributed by atoms with Gasteiger partial charge in [-0.25, -0.2) is 9.59 Å². The number of hydrogen-bond acceptors (Lipinski definition) is 12. The van der Waals surface area contributed by atoms with Crippen molar-refractivity contribution in [1.29, 1.82) is 0 Å². The number of benzene rings is 6. The van der Waals surface area contributed by atoms with Crippen LogP contribution in [-0.2, 0) is 28.1 Å². The lowest BCUT2D eigenvalue weighted by molar-refractivity contribution is -0.0791. The Morgan fingerprint density at radius 2 is 0.704 bits per heavy atom. The van der Waals surface area contributed by atoms with E-state index < -0.39 is 48.8 Å². The van der Waals surface area contributed by atoms with Crippen LogP contribution in [0.25, 0.3) is 0 Å². The van der Waals surface area contributed by atoms with E-state index in [1.807, 2.05) is 50.2 Å². The van der Waals surface area contributed by atoms with E-state index in [4.69, 9.17) is 28.4 Å². The van der Waals surface area contributed by atoms with Crippen LogP contribution in [0, 0.1) is 41.5 Å².